The zero-order valence-corrected chi connectivity index (χ0v) is 19.6. The summed E-state index contributed by atoms with van der Waals surface area (Å²) >= 11 is 6.26. The van der Waals surface area contributed by atoms with Crippen molar-refractivity contribution in [2.45, 2.75) is 39.7 Å². The van der Waals surface area contributed by atoms with Gasteiger partial charge >= 0.3 is 5.97 Å². The molecule has 1 atom stereocenters. The first kappa shape index (κ1) is 22.6. The summed E-state index contributed by atoms with van der Waals surface area (Å²) < 4.78 is 11.7. The average molecular weight is 456 g/mol. The maximum Gasteiger partial charge on any atom is 0.313 e. The van der Waals surface area contributed by atoms with Crippen LogP contribution in [-0.4, -0.2) is 49.0 Å². The minimum atomic E-state index is -0.586. The van der Waals surface area contributed by atoms with Crippen molar-refractivity contribution in [1.29, 1.82) is 0 Å². The highest BCUT2D eigenvalue weighted by molar-refractivity contribution is 6.31. The van der Waals surface area contributed by atoms with Crippen molar-refractivity contribution in [2.24, 2.45) is 10.4 Å². The third-order valence-corrected chi connectivity index (χ3v) is 6.82. The van der Waals surface area contributed by atoms with Crippen LogP contribution in [0.5, 0.6) is 11.5 Å². The fourth-order valence-corrected chi connectivity index (χ4v) is 4.87. The third kappa shape index (κ3) is 4.09. The fourth-order valence-electron chi connectivity index (χ4n) is 4.70. The van der Waals surface area contributed by atoms with Crippen LogP contribution in [0.4, 0.5) is 5.69 Å². The van der Waals surface area contributed by atoms with E-state index in [0.29, 0.717) is 42.5 Å². The van der Waals surface area contributed by atoms with Gasteiger partial charge in [-0.2, -0.15) is 0 Å². The molecule has 6 nitrogen and oxygen atoms in total. The molecule has 0 aliphatic carbocycles. The molecule has 32 heavy (non-hydrogen) atoms. The number of piperazine rings is 1. The van der Waals surface area contributed by atoms with Gasteiger partial charge in [0, 0.05) is 30.7 Å². The molecule has 1 saturated heterocycles. The summed E-state index contributed by atoms with van der Waals surface area (Å²) in [5.41, 5.74) is 1.04. The van der Waals surface area contributed by atoms with Crippen LogP contribution in [0, 0.1) is 5.41 Å². The zero-order valence-electron chi connectivity index (χ0n) is 18.9. The molecule has 2 aliphatic rings. The first-order valence-electron chi connectivity index (χ1n) is 11.3. The van der Waals surface area contributed by atoms with Crippen LogP contribution in [0.2, 0.25) is 5.02 Å². The number of fused-ring (bicyclic) bond motifs is 2. The number of halogens is 1. The van der Waals surface area contributed by atoms with E-state index in [0.717, 1.165) is 30.2 Å². The monoisotopic (exact) mass is 455 g/mol. The highest BCUT2D eigenvalue weighted by Gasteiger charge is 2.46. The van der Waals surface area contributed by atoms with Gasteiger partial charge in [-0.15, -0.1) is 0 Å². The molecule has 2 aliphatic heterocycles. The molecule has 2 aromatic carbocycles. The minimum absolute atomic E-state index is 0.0526. The van der Waals surface area contributed by atoms with Crippen molar-refractivity contribution in [3.63, 3.8) is 0 Å². The zero-order chi connectivity index (χ0) is 22.7. The van der Waals surface area contributed by atoms with Gasteiger partial charge in [-0.05, 0) is 50.1 Å². The van der Waals surface area contributed by atoms with Gasteiger partial charge in [0.2, 0.25) is 0 Å². The molecular formula is C25H30ClN3O3. The maximum atomic E-state index is 13.0. The van der Waals surface area contributed by atoms with Gasteiger partial charge in [-0.1, -0.05) is 37.6 Å². The number of rotatable bonds is 5. The smallest absolute Gasteiger partial charge is 0.313 e. The Morgan fingerprint density at radius 3 is 2.75 bits per heavy atom. The summed E-state index contributed by atoms with van der Waals surface area (Å²) in [7, 11) is 0. The number of para-hydroxylation sites is 1. The normalized spacial score (nSPS) is 18.1. The van der Waals surface area contributed by atoms with Crippen LogP contribution < -0.4 is 10.1 Å². The van der Waals surface area contributed by atoms with Gasteiger partial charge in [-0.25, -0.2) is 4.99 Å². The van der Waals surface area contributed by atoms with Gasteiger partial charge in [0.1, 0.15) is 17.3 Å². The predicted octanol–water partition coefficient (Wildman–Crippen LogP) is 5.17. The molecule has 0 amide bonds. The average Bonchev–Trinajstić information content (AvgIpc) is 2.97. The van der Waals surface area contributed by atoms with Gasteiger partial charge in [0.25, 0.3) is 0 Å². The van der Waals surface area contributed by atoms with Crippen LogP contribution in [0.3, 0.4) is 0 Å². The lowest BCUT2D eigenvalue weighted by atomic mass is 9.74. The number of benzene rings is 2. The summed E-state index contributed by atoms with van der Waals surface area (Å²) in [6.45, 7) is 8.52. The second kappa shape index (κ2) is 9.51. The molecule has 2 heterocycles. The van der Waals surface area contributed by atoms with E-state index in [1.165, 1.54) is 0 Å². The summed E-state index contributed by atoms with van der Waals surface area (Å²) in [6.07, 6.45) is 1.41. The van der Waals surface area contributed by atoms with Crippen LogP contribution in [0.1, 0.15) is 39.2 Å². The number of hydrogen-bond donors (Lipinski definition) is 1. The number of nitrogens with one attached hydrogen (secondary N) is 1. The molecule has 0 radical (unpaired) electrons. The van der Waals surface area contributed by atoms with E-state index < -0.39 is 5.41 Å². The minimum Gasteiger partial charge on any atom is -0.466 e. The summed E-state index contributed by atoms with van der Waals surface area (Å²) in [5, 5.41) is 4.20. The van der Waals surface area contributed by atoms with Crippen molar-refractivity contribution < 1.29 is 14.3 Å². The molecule has 0 aromatic heterocycles. The second-order valence-electron chi connectivity index (χ2n) is 8.18. The number of ether oxygens (including phenoxy) is 2. The summed E-state index contributed by atoms with van der Waals surface area (Å²) in [6, 6.07) is 13.3. The number of amidine groups is 1. The molecule has 1 unspecified atom stereocenters. The molecule has 0 bridgehead atoms. The van der Waals surface area contributed by atoms with Gasteiger partial charge in [0.05, 0.1) is 17.6 Å². The molecule has 0 spiro atoms. The lowest BCUT2D eigenvalue weighted by Crippen LogP contribution is -2.61. The van der Waals surface area contributed by atoms with E-state index in [1.54, 1.807) is 6.07 Å². The fraction of sp³-hybridized carbons (Fsp3) is 0.440. The lowest BCUT2D eigenvalue weighted by Gasteiger charge is -2.44. The molecule has 2 aromatic rings. The second-order valence-corrected chi connectivity index (χ2v) is 8.62. The molecule has 7 heteroatoms. The topological polar surface area (TPSA) is 63.2 Å². The number of carbonyl (C=O) groups is 1. The Kier molecular flexibility index (Phi) is 6.72. The van der Waals surface area contributed by atoms with Crippen molar-refractivity contribution in [3.8, 4) is 11.5 Å². The Balaban J connectivity index is 1.74. The standard InChI is InChI=1S/C25H30ClN3O3/c1-4-25(5-2,24(30)31-6-3)22-16-29(14-13-27-22)23-18-9-7-8-10-20(18)32-21-12-11-17(26)15-19(21)28-23/h7-12,15,22,27H,4-6,13-14,16H2,1-3H3. The summed E-state index contributed by atoms with van der Waals surface area (Å²) in [4.78, 5) is 20.3. The van der Waals surface area contributed by atoms with Gasteiger partial charge < -0.3 is 19.7 Å². The Labute approximate surface area is 194 Å². The maximum absolute atomic E-state index is 13.0. The number of nitrogens with zero attached hydrogens (tertiary/aromatic N) is 2. The van der Waals surface area contributed by atoms with E-state index in [9.17, 15) is 4.79 Å². The van der Waals surface area contributed by atoms with E-state index in [1.807, 2.05) is 43.3 Å². The number of esters is 1. The molecule has 170 valence electrons. The number of carbonyl (C=O) groups excluding carboxylic acids is 1. The van der Waals surface area contributed by atoms with E-state index in [-0.39, 0.29) is 12.0 Å². The van der Waals surface area contributed by atoms with Crippen LogP contribution in [0.25, 0.3) is 0 Å². The Hall–Kier alpha value is -2.57. The van der Waals surface area contributed by atoms with Crippen molar-refractivity contribution >= 4 is 29.1 Å². The first-order valence-corrected chi connectivity index (χ1v) is 11.7. The Morgan fingerprint density at radius 2 is 2.00 bits per heavy atom. The molecule has 4 rings (SSSR count). The highest BCUT2D eigenvalue weighted by Crippen LogP contribution is 2.40. The van der Waals surface area contributed by atoms with Crippen molar-refractivity contribution in [1.82, 2.24) is 10.2 Å². The molecule has 1 fully saturated rings. The SMILES string of the molecule is CCOC(=O)C(CC)(CC)C1CN(C2=Nc3cc(Cl)ccc3Oc3ccccc32)CCN1. The molecular weight excluding hydrogens is 426 g/mol. The van der Waals surface area contributed by atoms with Crippen molar-refractivity contribution in [3.05, 3.63) is 53.1 Å². The third-order valence-electron chi connectivity index (χ3n) is 6.58. The van der Waals surface area contributed by atoms with E-state index >= 15 is 0 Å². The van der Waals surface area contributed by atoms with E-state index in [4.69, 9.17) is 26.1 Å². The first-order chi connectivity index (χ1) is 15.5. The highest BCUT2D eigenvalue weighted by atomic mass is 35.5. The Morgan fingerprint density at radius 1 is 1.22 bits per heavy atom. The summed E-state index contributed by atoms with van der Waals surface area (Å²) in [5.74, 6) is 2.13. The lowest BCUT2D eigenvalue weighted by molar-refractivity contribution is -0.158. The number of hydrogen-bond acceptors (Lipinski definition) is 6. The van der Waals surface area contributed by atoms with Crippen molar-refractivity contribution in [2.75, 3.05) is 26.2 Å². The predicted molar refractivity (Wildman–Crippen MR) is 127 cm³/mol. The van der Waals surface area contributed by atoms with Crippen LogP contribution in [0.15, 0.2) is 47.5 Å². The van der Waals surface area contributed by atoms with E-state index in [2.05, 4.69) is 24.1 Å². The van der Waals surface area contributed by atoms with Gasteiger partial charge in [0.15, 0.2) is 5.75 Å². The Bertz CT molecular complexity index is 1020. The molecule has 0 saturated carbocycles. The van der Waals surface area contributed by atoms with Crippen LogP contribution >= 0.6 is 11.6 Å². The quantitative estimate of drug-likeness (QED) is 0.630. The largest absolute Gasteiger partial charge is 0.466 e. The van der Waals surface area contributed by atoms with Crippen LogP contribution in [-0.2, 0) is 9.53 Å². The number of aliphatic imine (C=N–C) groups is 1. The molecule has 1 N–H and O–H groups in total. The van der Waals surface area contributed by atoms with Gasteiger partial charge in [-0.3, -0.25) is 4.79 Å².